The number of allylic oxidation sites excluding steroid dienone is 2. The molecule has 0 N–H and O–H groups in total. The van der Waals surface area contributed by atoms with Gasteiger partial charge in [0.1, 0.15) is 0 Å². The maximum atomic E-state index is 2.52. The zero-order valence-corrected chi connectivity index (χ0v) is 29.9. The quantitative estimate of drug-likeness (QED) is 0.180. The number of aromatic nitrogens is 1. The van der Waals surface area contributed by atoms with Gasteiger partial charge in [-0.25, -0.2) is 0 Å². The average molecular weight is 679 g/mol. The molecule has 1 aliphatic heterocycles. The van der Waals surface area contributed by atoms with E-state index < -0.39 is 0 Å². The van der Waals surface area contributed by atoms with Gasteiger partial charge in [-0.05, 0) is 142 Å². The second-order valence-corrected chi connectivity index (χ2v) is 15.1. The van der Waals surface area contributed by atoms with Gasteiger partial charge in [-0.2, -0.15) is 0 Å². The maximum absolute atomic E-state index is 2.52. The second-order valence-electron chi connectivity index (χ2n) is 15.1. The van der Waals surface area contributed by atoms with Crippen molar-refractivity contribution in [2.45, 2.75) is 32.2 Å². The molecule has 2 atom stereocenters. The number of fused-ring (bicyclic) bond motifs is 9. The first-order valence-corrected chi connectivity index (χ1v) is 18.8. The van der Waals surface area contributed by atoms with E-state index in [1.807, 2.05) is 0 Å². The normalized spacial score (nSPS) is 16.8. The van der Waals surface area contributed by atoms with Gasteiger partial charge in [0.15, 0.2) is 0 Å². The number of anilines is 2. The number of para-hydroxylation sites is 2. The molecular formula is C51H38N2. The predicted octanol–water partition coefficient (Wildman–Crippen LogP) is 12.9. The van der Waals surface area contributed by atoms with Crippen molar-refractivity contribution in [3.63, 3.8) is 0 Å². The molecule has 2 unspecified atom stereocenters. The minimum atomic E-state index is 0.263. The smallest absolute Gasteiger partial charge is 0.0630 e. The van der Waals surface area contributed by atoms with Crippen LogP contribution in [0.4, 0.5) is 11.4 Å². The molecule has 2 heterocycles. The SMILES string of the molecule is Cc1cccc(N2c3ccccc3C3C=C(c4ccc5c(c4)-c4cc(-c6ccc7c(c6)c6ccccc6n7-c6cccc(C)c6)ccc4C5)C=CC32)c1. The Labute approximate surface area is 310 Å². The largest absolute Gasteiger partial charge is 0.333 e. The first-order valence-electron chi connectivity index (χ1n) is 18.8. The Balaban J connectivity index is 0.964. The van der Waals surface area contributed by atoms with Crippen LogP contribution in [0, 0.1) is 13.8 Å². The zero-order chi connectivity index (χ0) is 35.2. The highest BCUT2D eigenvalue weighted by Gasteiger charge is 2.38. The summed E-state index contributed by atoms with van der Waals surface area (Å²) in [5.41, 5.74) is 20.8. The summed E-state index contributed by atoms with van der Waals surface area (Å²) < 4.78 is 2.41. The van der Waals surface area contributed by atoms with Crippen molar-refractivity contribution in [1.82, 2.24) is 4.57 Å². The van der Waals surface area contributed by atoms with Gasteiger partial charge in [0.05, 0.1) is 17.1 Å². The molecule has 2 nitrogen and oxygen atoms in total. The van der Waals surface area contributed by atoms with Gasteiger partial charge in [-0.1, -0.05) is 109 Å². The molecule has 0 saturated heterocycles. The van der Waals surface area contributed by atoms with Gasteiger partial charge in [-0.15, -0.1) is 0 Å². The molecule has 1 aromatic heterocycles. The summed E-state index contributed by atoms with van der Waals surface area (Å²) in [5.74, 6) is 0.297. The van der Waals surface area contributed by atoms with Crippen LogP contribution in [0.25, 0.3) is 55.3 Å². The molecular weight excluding hydrogens is 641 g/mol. The molecule has 3 aliphatic rings. The number of aryl methyl sites for hydroxylation is 2. The van der Waals surface area contributed by atoms with Crippen LogP contribution in [0.5, 0.6) is 0 Å². The highest BCUT2D eigenvalue weighted by atomic mass is 15.2. The van der Waals surface area contributed by atoms with E-state index in [0.29, 0.717) is 5.92 Å². The Morgan fingerprint density at radius 2 is 1.19 bits per heavy atom. The fourth-order valence-corrected chi connectivity index (χ4v) is 9.35. The van der Waals surface area contributed by atoms with Crippen molar-refractivity contribution < 1.29 is 0 Å². The topological polar surface area (TPSA) is 8.17 Å². The molecule has 0 bridgehead atoms. The van der Waals surface area contributed by atoms with Crippen molar-refractivity contribution in [2.24, 2.45) is 0 Å². The summed E-state index contributed by atoms with van der Waals surface area (Å²) in [6, 6.07) is 56.9. The van der Waals surface area contributed by atoms with Crippen LogP contribution in [0.2, 0.25) is 0 Å². The number of nitrogens with zero attached hydrogens (tertiary/aromatic N) is 2. The molecule has 0 radical (unpaired) electrons. The minimum absolute atomic E-state index is 0.263. The Kier molecular flexibility index (Phi) is 6.60. The Hall–Kier alpha value is -6.38. The molecule has 11 rings (SSSR count). The van der Waals surface area contributed by atoms with E-state index in [2.05, 4.69) is 193 Å². The highest BCUT2D eigenvalue weighted by molar-refractivity contribution is 6.10. The van der Waals surface area contributed by atoms with Gasteiger partial charge >= 0.3 is 0 Å². The summed E-state index contributed by atoms with van der Waals surface area (Å²) in [6.45, 7) is 4.34. The molecule has 0 fully saturated rings. The molecule has 0 saturated carbocycles. The molecule has 0 spiro atoms. The Morgan fingerprint density at radius 3 is 2.02 bits per heavy atom. The van der Waals surface area contributed by atoms with Crippen molar-refractivity contribution in [2.75, 3.05) is 4.90 Å². The fourth-order valence-electron chi connectivity index (χ4n) is 9.35. The number of benzene rings is 7. The fraction of sp³-hybridized carbons (Fsp3) is 0.0980. The lowest BCUT2D eigenvalue weighted by Gasteiger charge is -2.30. The van der Waals surface area contributed by atoms with E-state index in [9.17, 15) is 0 Å². The van der Waals surface area contributed by atoms with Crippen LogP contribution in [0.3, 0.4) is 0 Å². The molecule has 0 amide bonds. The van der Waals surface area contributed by atoms with Crippen LogP contribution in [0.15, 0.2) is 170 Å². The van der Waals surface area contributed by atoms with Crippen LogP contribution in [-0.4, -0.2) is 10.6 Å². The lowest BCUT2D eigenvalue weighted by Crippen LogP contribution is -2.29. The van der Waals surface area contributed by atoms with Crippen molar-refractivity contribution >= 4 is 38.8 Å². The summed E-state index contributed by atoms with van der Waals surface area (Å²) in [4.78, 5) is 2.52. The Morgan fingerprint density at radius 1 is 0.528 bits per heavy atom. The second kappa shape index (κ2) is 11.6. The first-order chi connectivity index (χ1) is 26.1. The van der Waals surface area contributed by atoms with E-state index >= 15 is 0 Å². The summed E-state index contributed by atoms with van der Waals surface area (Å²) in [6.07, 6.45) is 8.27. The van der Waals surface area contributed by atoms with Crippen LogP contribution >= 0.6 is 0 Å². The third-order valence-corrected chi connectivity index (χ3v) is 11.8. The van der Waals surface area contributed by atoms with E-state index in [0.717, 1.165) is 6.42 Å². The lowest BCUT2D eigenvalue weighted by atomic mass is 9.85. The summed E-state index contributed by atoms with van der Waals surface area (Å²) in [7, 11) is 0. The van der Waals surface area contributed by atoms with Crippen LogP contribution < -0.4 is 4.90 Å². The average Bonchev–Trinajstić information content (AvgIpc) is 3.84. The van der Waals surface area contributed by atoms with E-state index in [1.54, 1.807) is 0 Å². The van der Waals surface area contributed by atoms with E-state index in [1.165, 1.54) is 100 Å². The third kappa shape index (κ3) is 4.72. The number of hydrogen-bond acceptors (Lipinski definition) is 1. The number of rotatable bonds is 4. The lowest BCUT2D eigenvalue weighted by molar-refractivity contribution is 0.747. The summed E-state index contributed by atoms with van der Waals surface area (Å²) in [5, 5.41) is 2.57. The van der Waals surface area contributed by atoms with Gasteiger partial charge < -0.3 is 9.47 Å². The molecule has 8 aromatic rings. The minimum Gasteiger partial charge on any atom is -0.333 e. The molecule has 53 heavy (non-hydrogen) atoms. The van der Waals surface area contributed by atoms with Crippen molar-refractivity contribution in [3.8, 4) is 27.9 Å². The highest BCUT2D eigenvalue weighted by Crippen LogP contribution is 2.50. The van der Waals surface area contributed by atoms with Crippen LogP contribution in [-0.2, 0) is 6.42 Å². The monoisotopic (exact) mass is 678 g/mol. The molecule has 2 aliphatic carbocycles. The summed E-state index contributed by atoms with van der Waals surface area (Å²) >= 11 is 0. The van der Waals surface area contributed by atoms with Gasteiger partial charge in [0.2, 0.25) is 0 Å². The van der Waals surface area contributed by atoms with E-state index in [4.69, 9.17) is 0 Å². The predicted molar refractivity (Wildman–Crippen MR) is 223 cm³/mol. The number of hydrogen-bond donors (Lipinski definition) is 0. The van der Waals surface area contributed by atoms with Gasteiger partial charge in [0, 0.05) is 33.8 Å². The Bertz CT molecular complexity index is 2860. The standard InChI is InChI=1S/C51H38N2/c1-32-9-7-11-40(25-32)52-48-15-5-3-13-42(48)46-30-36(21-23-50(46)52)34-17-19-38-27-39-20-18-35(29-45(39)44(38)28-34)37-22-24-51-47(31-37)43-14-4-6-16-49(43)53(51)41-12-8-10-33(2)26-41/h3-26,28-31,46,50H,27H2,1-2H3. The molecule has 2 heteroatoms. The van der Waals surface area contributed by atoms with Gasteiger partial charge in [-0.3, -0.25) is 0 Å². The third-order valence-electron chi connectivity index (χ3n) is 11.8. The maximum Gasteiger partial charge on any atom is 0.0630 e. The van der Waals surface area contributed by atoms with E-state index in [-0.39, 0.29) is 6.04 Å². The van der Waals surface area contributed by atoms with Gasteiger partial charge in [0.25, 0.3) is 0 Å². The molecule has 7 aromatic carbocycles. The molecule has 252 valence electrons. The first kappa shape index (κ1) is 30.3. The van der Waals surface area contributed by atoms with Crippen molar-refractivity contribution in [3.05, 3.63) is 203 Å². The van der Waals surface area contributed by atoms with Crippen molar-refractivity contribution in [1.29, 1.82) is 0 Å². The zero-order valence-electron chi connectivity index (χ0n) is 29.9. The van der Waals surface area contributed by atoms with Crippen LogP contribution in [0.1, 0.15) is 39.3 Å².